The van der Waals surface area contributed by atoms with Gasteiger partial charge in [0, 0.05) is 28.0 Å². The van der Waals surface area contributed by atoms with Crippen molar-refractivity contribution >= 4 is 28.6 Å². The monoisotopic (exact) mass is 350 g/mol. The van der Waals surface area contributed by atoms with Crippen molar-refractivity contribution in [3.05, 3.63) is 76.7 Å². The third-order valence-corrected chi connectivity index (χ3v) is 3.58. The van der Waals surface area contributed by atoms with E-state index in [-0.39, 0.29) is 17.2 Å². The summed E-state index contributed by atoms with van der Waals surface area (Å²) in [5.41, 5.74) is 1.60. The summed E-state index contributed by atoms with van der Waals surface area (Å²) in [5, 5.41) is 25.8. The first-order valence-electron chi connectivity index (χ1n) is 7.19. The van der Waals surface area contributed by atoms with Gasteiger partial charge in [-0.1, -0.05) is 41.9 Å². The number of allylic oxidation sites excluding steroid dienone is 1. The Morgan fingerprint density at radius 2 is 2.04 bits per heavy atom. The second-order valence-corrected chi connectivity index (χ2v) is 5.37. The number of aromatic nitrogens is 4. The molecule has 0 amide bonds. The summed E-state index contributed by atoms with van der Waals surface area (Å²) in [6.07, 6.45) is 1.41. The molecule has 25 heavy (non-hydrogen) atoms. The second kappa shape index (κ2) is 7.38. The summed E-state index contributed by atoms with van der Waals surface area (Å²) in [7, 11) is 0. The SMILES string of the molecule is N#CC(=CNc1ccc(Cl)cc1C(=O)c1ccccc1)c1nn[nH]n1. The number of tetrazole rings is 1. The molecular weight excluding hydrogens is 340 g/mol. The number of carbonyl (C=O) groups is 1. The quantitative estimate of drug-likeness (QED) is 0.541. The van der Waals surface area contributed by atoms with Crippen molar-refractivity contribution in [3.63, 3.8) is 0 Å². The van der Waals surface area contributed by atoms with Crippen LogP contribution >= 0.6 is 11.6 Å². The van der Waals surface area contributed by atoms with Gasteiger partial charge < -0.3 is 5.32 Å². The van der Waals surface area contributed by atoms with E-state index in [1.54, 1.807) is 42.5 Å². The Morgan fingerprint density at radius 3 is 2.72 bits per heavy atom. The largest absolute Gasteiger partial charge is 0.360 e. The number of carbonyl (C=O) groups excluding carboxylic acids is 1. The van der Waals surface area contributed by atoms with E-state index >= 15 is 0 Å². The minimum atomic E-state index is -0.183. The number of nitrogens with zero attached hydrogens (tertiary/aromatic N) is 4. The van der Waals surface area contributed by atoms with Crippen LogP contribution < -0.4 is 5.32 Å². The van der Waals surface area contributed by atoms with E-state index in [0.29, 0.717) is 21.8 Å². The summed E-state index contributed by atoms with van der Waals surface area (Å²) in [6.45, 7) is 0. The molecule has 0 aliphatic heterocycles. The fourth-order valence-corrected chi connectivity index (χ4v) is 2.32. The zero-order valence-corrected chi connectivity index (χ0v) is 13.5. The molecule has 0 spiro atoms. The van der Waals surface area contributed by atoms with Crippen LogP contribution in [0.15, 0.2) is 54.7 Å². The van der Waals surface area contributed by atoms with E-state index in [4.69, 9.17) is 11.6 Å². The molecule has 2 N–H and O–H groups in total. The molecule has 7 nitrogen and oxygen atoms in total. The second-order valence-electron chi connectivity index (χ2n) is 4.93. The van der Waals surface area contributed by atoms with Crippen molar-refractivity contribution in [3.8, 4) is 6.07 Å². The number of hydrogen-bond donors (Lipinski definition) is 2. The Bertz CT molecular complexity index is 961. The molecule has 0 fully saturated rings. The van der Waals surface area contributed by atoms with Crippen LogP contribution in [0.3, 0.4) is 0 Å². The van der Waals surface area contributed by atoms with E-state index in [1.807, 2.05) is 12.1 Å². The number of halogens is 1. The van der Waals surface area contributed by atoms with Crippen LogP contribution in [-0.2, 0) is 0 Å². The fraction of sp³-hybridized carbons (Fsp3) is 0. The number of aromatic amines is 1. The first-order valence-corrected chi connectivity index (χ1v) is 7.57. The molecule has 0 atom stereocenters. The van der Waals surface area contributed by atoms with Crippen LogP contribution in [0.1, 0.15) is 21.7 Å². The van der Waals surface area contributed by atoms with Gasteiger partial charge in [-0.3, -0.25) is 4.79 Å². The molecule has 1 aromatic heterocycles. The zero-order valence-electron chi connectivity index (χ0n) is 12.8. The van der Waals surface area contributed by atoms with Crippen molar-refractivity contribution in [2.75, 3.05) is 5.32 Å². The van der Waals surface area contributed by atoms with Crippen LogP contribution in [0.2, 0.25) is 5.02 Å². The van der Waals surface area contributed by atoms with E-state index in [2.05, 4.69) is 25.9 Å². The molecule has 2 aromatic carbocycles. The fourth-order valence-electron chi connectivity index (χ4n) is 2.15. The van der Waals surface area contributed by atoms with E-state index in [0.717, 1.165) is 0 Å². The number of nitriles is 1. The van der Waals surface area contributed by atoms with Crippen LogP contribution in [0.25, 0.3) is 5.57 Å². The Balaban J connectivity index is 1.95. The smallest absolute Gasteiger partial charge is 0.216 e. The number of benzene rings is 2. The van der Waals surface area contributed by atoms with Crippen molar-refractivity contribution in [1.82, 2.24) is 20.6 Å². The third-order valence-electron chi connectivity index (χ3n) is 3.34. The van der Waals surface area contributed by atoms with Gasteiger partial charge in [-0.15, -0.1) is 10.2 Å². The van der Waals surface area contributed by atoms with Gasteiger partial charge in [-0.2, -0.15) is 10.5 Å². The molecule has 0 radical (unpaired) electrons. The summed E-state index contributed by atoms with van der Waals surface area (Å²) in [6, 6.07) is 15.7. The Kier molecular flexibility index (Phi) is 4.83. The van der Waals surface area contributed by atoms with E-state index < -0.39 is 0 Å². The average Bonchev–Trinajstić information content (AvgIpc) is 3.18. The van der Waals surface area contributed by atoms with Gasteiger partial charge in [0.05, 0.1) is 0 Å². The lowest BCUT2D eigenvalue weighted by molar-refractivity contribution is 0.103. The molecule has 3 aromatic rings. The van der Waals surface area contributed by atoms with Gasteiger partial charge in [0.25, 0.3) is 0 Å². The molecule has 0 aliphatic carbocycles. The van der Waals surface area contributed by atoms with Gasteiger partial charge >= 0.3 is 0 Å². The topological polar surface area (TPSA) is 107 Å². The molecule has 122 valence electrons. The normalized spacial score (nSPS) is 11.0. The average molecular weight is 351 g/mol. The van der Waals surface area contributed by atoms with Crippen molar-refractivity contribution in [1.29, 1.82) is 5.26 Å². The highest BCUT2D eigenvalue weighted by Gasteiger charge is 2.14. The molecule has 3 rings (SSSR count). The van der Waals surface area contributed by atoms with Gasteiger partial charge in [-0.25, -0.2) is 0 Å². The Hall–Kier alpha value is -3.50. The maximum absolute atomic E-state index is 12.7. The molecule has 0 saturated heterocycles. The predicted molar refractivity (Wildman–Crippen MR) is 92.7 cm³/mol. The highest BCUT2D eigenvalue weighted by Crippen LogP contribution is 2.24. The van der Waals surface area contributed by atoms with E-state index in [1.165, 1.54) is 6.20 Å². The van der Waals surface area contributed by atoms with Crippen LogP contribution in [-0.4, -0.2) is 26.4 Å². The maximum Gasteiger partial charge on any atom is 0.216 e. The Morgan fingerprint density at radius 1 is 1.24 bits per heavy atom. The zero-order chi connectivity index (χ0) is 17.6. The summed E-state index contributed by atoms with van der Waals surface area (Å²) in [5.74, 6) is -0.0306. The summed E-state index contributed by atoms with van der Waals surface area (Å²) >= 11 is 6.04. The molecule has 1 heterocycles. The summed E-state index contributed by atoms with van der Waals surface area (Å²) in [4.78, 5) is 12.7. The number of rotatable bonds is 5. The van der Waals surface area contributed by atoms with Gasteiger partial charge in [0.2, 0.25) is 5.82 Å². The number of nitrogens with one attached hydrogen (secondary N) is 2. The molecule has 0 saturated carbocycles. The highest BCUT2D eigenvalue weighted by molar-refractivity contribution is 6.31. The van der Waals surface area contributed by atoms with Crippen molar-refractivity contribution < 1.29 is 4.79 Å². The molecule has 0 bridgehead atoms. The number of H-pyrrole nitrogens is 1. The number of hydrogen-bond acceptors (Lipinski definition) is 6. The summed E-state index contributed by atoms with van der Waals surface area (Å²) < 4.78 is 0. The maximum atomic E-state index is 12.7. The minimum Gasteiger partial charge on any atom is -0.360 e. The molecular formula is C17H11ClN6O. The highest BCUT2D eigenvalue weighted by atomic mass is 35.5. The van der Waals surface area contributed by atoms with Crippen LogP contribution in [0.4, 0.5) is 5.69 Å². The standard InChI is InChI=1S/C17H11ClN6O/c18-13-6-7-15(20-10-12(9-19)17-21-23-24-22-17)14(8-13)16(25)11-4-2-1-3-5-11/h1-8,10,20H,(H,21,22,23,24). The van der Waals surface area contributed by atoms with Gasteiger partial charge in [-0.05, 0) is 23.4 Å². The lowest BCUT2D eigenvalue weighted by atomic mass is 10.0. The van der Waals surface area contributed by atoms with Crippen LogP contribution in [0.5, 0.6) is 0 Å². The van der Waals surface area contributed by atoms with Gasteiger partial charge in [0.1, 0.15) is 11.6 Å². The number of ketones is 1. The predicted octanol–water partition coefficient (Wildman–Crippen LogP) is 3.06. The third kappa shape index (κ3) is 3.71. The molecule has 8 heteroatoms. The minimum absolute atomic E-state index is 0.153. The first-order chi connectivity index (χ1) is 12.2. The van der Waals surface area contributed by atoms with Gasteiger partial charge in [0.15, 0.2) is 5.78 Å². The number of anilines is 1. The molecule has 0 unspecified atom stereocenters. The Labute approximate surface area is 147 Å². The lowest BCUT2D eigenvalue weighted by Gasteiger charge is -2.09. The van der Waals surface area contributed by atoms with Crippen LogP contribution in [0, 0.1) is 11.3 Å². The molecule has 0 aliphatic rings. The van der Waals surface area contributed by atoms with Crippen molar-refractivity contribution in [2.24, 2.45) is 0 Å². The van der Waals surface area contributed by atoms with E-state index in [9.17, 15) is 10.1 Å². The lowest BCUT2D eigenvalue weighted by Crippen LogP contribution is -2.05. The van der Waals surface area contributed by atoms with Crippen molar-refractivity contribution in [2.45, 2.75) is 0 Å². The first kappa shape index (κ1) is 16.4.